The molecule has 148 valence electrons. The van der Waals surface area contributed by atoms with Crippen molar-refractivity contribution in [1.29, 1.82) is 0 Å². The maximum Gasteiger partial charge on any atom is 0.347 e. The Labute approximate surface area is 163 Å². The van der Waals surface area contributed by atoms with Crippen molar-refractivity contribution in [3.63, 3.8) is 0 Å². The number of hydrogen-bond acceptors (Lipinski definition) is 8. The number of carboxylic acids is 1. The van der Waals surface area contributed by atoms with Gasteiger partial charge in [0, 0.05) is 23.7 Å². The molecule has 0 unspecified atom stereocenters. The number of carbonyl (C=O) groups is 1. The maximum absolute atomic E-state index is 12.3. The molecule has 0 aliphatic heterocycles. The van der Waals surface area contributed by atoms with Gasteiger partial charge in [-0.15, -0.1) is 11.3 Å². The van der Waals surface area contributed by atoms with Crippen molar-refractivity contribution >= 4 is 44.1 Å². The molecule has 0 aliphatic carbocycles. The van der Waals surface area contributed by atoms with Crippen LogP contribution >= 0.6 is 11.3 Å². The SMILES string of the molecule is Cc1nc(-c2cc3ccc(NCCCS(=O)(=O)O)cc3oc2=O)sc1C(=O)O. The Kier molecular flexibility index (Phi) is 5.49. The van der Waals surface area contributed by atoms with Crippen molar-refractivity contribution in [2.24, 2.45) is 0 Å². The molecule has 11 heteroatoms. The van der Waals surface area contributed by atoms with Crippen LogP contribution in [0.4, 0.5) is 5.69 Å². The number of nitrogens with one attached hydrogen (secondary N) is 1. The van der Waals surface area contributed by atoms with Gasteiger partial charge in [0.25, 0.3) is 10.1 Å². The van der Waals surface area contributed by atoms with Gasteiger partial charge >= 0.3 is 11.6 Å². The first-order valence-electron chi connectivity index (χ1n) is 8.12. The lowest BCUT2D eigenvalue weighted by Crippen LogP contribution is -2.10. The fraction of sp³-hybridized carbons (Fsp3) is 0.235. The van der Waals surface area contributed by atoms with E-state index in [2.05, 4.69) is 10.3 Å². The van der Waals surface area contributed by atoms with Gasteiger partial charge in [-0.1, -0.05) is 0 Å². The summed E-state index contributed by atoms with van der Waals surface area (Å²) in [6.45, 7) is 1.87. The van der Waals surface area contributed by atoms with E-state index >= 15 is 0 Å². The average molecular weight is 424 g/mol. The van der Waals surface area contributed by atoms with E-state index < -0.39 is 21.7 Å². The molecule has 0 aliphatic rings. The number of thiazole rings is 1. The van der Waals surface area contributed by atoms with Gasteiger partial charge in [-0.05, 0) is 31.5 Å². The summed E-state index contributed by atoms with van der Waals surface area (Å²) in [6, 6.07) is 6.64. The zero-order chi connectivity index (χ0) is 20.5. The summed E-state index contributed by atoms with van der Waals surface area (Å²) >= 11 is 0.910. The van der Waals surface area contributed by atoms with Crippen molar-refractivity contribution in [3.05, 3.63) is 45.3 Å². The third-order valence-corrected chi connectivity index (χ3v) is 5.85. The second-order valence-electron chi connectivity index (χ2n) is 6.01. The van der Waals surface area contributed by atoms with Crippen LogP contribution in [-0.4, -0.2) is 41.3 Å². The van der Waals surface area contributed by atoms with Crippen LogP contribution in [-0.2, 0) is 10.1 Å². The number of anilines is 1. The van der Waals surface area contributed by atoms with Crippen LogP contribution in [0, 0.1) is 6.92 Å². The number of carboxylic acid groups (broad SMARTS) is 1. The van der Waals surface area contributed by atoms with Gasteiger partial charge in [-0.25, -0.2) is 14.6 Å². The Balaban J connectivity index is 1.85. The first kappa shape index (κ1) is 20.0. The molecule has 0 bridgehead atoms. The number of nitrogens with zero attached hydrogens (tertiary/aromatic N) is 1. The third-order valence-electron chi connectivity index (χ3n) is 3.87. The minimum Gasteiger partial charge on any atom is -0.477 e. The molecule has 0 saturated carbocycles. The zero-order valence-corrected chi connectivity index (χ0v) is 16.3. The lowest BCUT2D eigenvalue weighted by molar-refractivity contribution is 0.0701. The van der Waals surface area contributed by atoms with Crippen LogP contribution in [0.3, 0.4) is 0 Å². The summed E-state index contributed by atoms with van der Waals surface area (Å²) in [5.41, 5.74) is 0.817. The Morgan fingerprint density at radius 3 is 2.71 bits per heavy atom. The van der Waals surface area contributed by atoms with Crippen molar-refractivity contribution in [3.8, 4) is 10.6 Å². The fourth-order valence-corrected chi connectivity index (χ4v) is 3.99. The standard InChI is InChI=1S/C17H16N2O7S2/c1-9-14(16(20)21)27-15(19-9)12-7-10-3-4-11(8-13(10)26-17(12)22)18-5-2-6-28(23,24)25/h3-4,7-8,18H,2,5-6H2,1H3,(H,20,21)(H,23,24,25). The molecular weight excluding hydrogens is 408 g/mol. The van der Waals surface area contributed by atoms with Crippen LogP contribution in [0.5, 0.6) is 0 Å². The quantitative estimate of drug-likeness (QED) is 0.296. The molecular formula is C17H16N2O7S2. The molecule has 28 heavy (non-hydrogen) atoms. The van der Waals surface area contributed by atoms with Crippen LogP contribution in [0.25, 0.3) is 21.5 Å². The minimum atomic E-state index is -4.00. The lowest BCUT2D eigenvalue weighted by atomic mass is 10.1. The molecule has 2 aromatic heterocycles. The first-order valence-corrected chi connectivity index (χ1v) is 10.5. The van der Waals surface area contributed by atoms with Gasteiger partial charge in [-0.3, -0.25) is 4.55 Å². The molecule has 1 aromatic carbocycles. The number of aromatic carboxylic acids is 1. The monoisotopic (exact) mass is 424 g/mol. The highest BCUT2D eigenvalue weighted by Crippen LogP contribution is 2.28. The van der Waals surface area contributed by atoms with Gasteiger partial charge in [0.15, 0.2) is 0 Å². The molecule has 3 aromatic rings. The predicted octanol–water partition coefficient (Wildman–Crippen LogP) is 2.61. The molecule has 0 fully saturated rings. The molecule has 2 heterocycles. The van der Waals surface area contributed by atoms with E-state index in [9.17, 15) is 18.0 Å². The summed E-state index contributed by atoms with van der Waals surface area (Å²) in [5.74, 6) is -1.45. The Morgan fingerprint density at radius 2 is 2.07 bits per heavy atom. The smallest absolute Gasteiger partial charge is 0.347 e. The topological polar surface area (TPSA) is 147 Å². The van der Waals surface area contributed by atoms with Gasteiger partial charge in [0.1, 0.15) is 15.5 Å². The lowest BCUT2D eigenvalue weighted by Gasteiger charge is -2.07. The van der Waals surface area contributed by atoms with Crippen molar-refractivity contribution in [2.45, 2.75) is 13.3 Å². The highest BCUT2D eigenvalue weighted by atomic mass is 32.2. The first-order chi connectivity index (χ1) is 13.1. The number of aromatic nitrogens is 1. The van der Waals surface area contributed by atoms with E-state index in [0.29, 0.717) is 28.9 Å². The van der Waals surface area contributed by atoms with Crippen molar-refractivity contribution in [1.82, 2.24) is 4.98 Å². The van der Waals surface area contributed by atoms with E-state index in [-0.39, 0.29) is 27.6 Å². The van der Waals surface area contributed by atoms with Crippen molar-refractivity contribution < 1.29 is 27.3 Å². The van der Waals surface area contributed by atoms with Crippen molar-refractivity contribution in [2.75, 3.05) is 17.6 Å². The number of hydrogen-bond donors (Lipinski definition) is 3. The molecule has 0 radical (unpaired) electrons. The molecule has 3 N–H and O–H groups in total. The Bertz CT molecular complexity index is 1210. The number of rotatable bonds is 7. The van der Waals surface area contributed by atoms with Crippen LogP contribution in [0.1, 0.15) is 21.8 Å². The van der Waals surface area contributed by atoms with Crippen LogP contribution < -0.4 is 10.9 Å². The molecule has 9 nitrogen and oxygen atoms in total. The summed E-state index contributed by atoms with van der Waals surface area (Å²) in [6.07, 6.45) is 0.217. The highest BCUT2D eigenvalue weighted by Gasteiger charge is 2.18. The molecule has 0 atom stereocenters. The molecule has 0 spiro atoms. The Morgan fingerprint density at radius 1 is 1.32 bits per heavy atom. The summed E-state index contributed by atoms with van der Waals surface area (Å²) in [4.78, 5) is 27.7. The summed E-state index contributed by atoms with van der Waals surface area (Å²) in [7, 11) is -4.00. The van der Waals surface area contributed by atoms with E-state index in [4.69, 9.17) is 14.1 Å². The maximum atomic E-state index is 12.3. The van der Waals surface area contributed by atoms with Gasteiger partial charge in [-0.2, -0.15) is 8.42 Å². The second-order valence-corrected chi connectivity index (χ2v) is 8.58. The summed E-state index contributed by atoms with van der Waals surface area (Å²) < 4.78 is 35.5. The number of benzene rings is 1. The molecule has 0 saturated heterocycles. The molecule has 3 rings (SSSR count). The minimum absolute atomic E-state index is 0.0685. The number of fused-ring (bicyclic) bond motifs is 1. The Hall–Kier alpha value is -2.76. The highest BCUT2D eigenvalue weighted by molar-refractivity contribution is 7.85. The number of aryl methyl sites for hydroxylation is 1. The predicted molar refractivity (Wildman–Crippen MR) is 105 cm³/mol. The average Bonchev–Trinajstić information content (AvgIpc) is 2.99. The fourth-order valence-electron chi connectivity index (χ4n) is 2.57. The summed E-state index contributed by atoms with van der Waals surface area (Å²) in [5, 5.41) is 13.0. The second kappa shape index (κ2) is 7.70. The van der Waals surface area contributed by atoms with E-state index in [0.717, 1.165) is 11.3 Å². The van der Waals surface area contributed by atoms with E-state index in [1.54, 1.807) is 31.2 Å². The van der Waals surface area contributed by atoms with Gasteiger partial charge < -0.3 is 14.8 Å². The van der Waals surface area contributed by atoms with Crippen LogP contribution in [0.15, 0.2) is 33.5 Å². The van der Waals surface area contributed by atoms with Crippen LogP contribution in [0.2, 0.25) is 0 Å². The zero-order valence-electron chi connectivity index (χ0n) is 14.6. The van der Waals surface area contributed by atoms with Gasteiger partial charge in [0.05, 0.1) is 17.0 Å². The van der Waals surface area contributed by atoms with Gasteiger partial charge in [0.2, 0.25) is 0 Å². The normalized spacial score (nSPS) is 11.6. The van der Waals surface area contributed by atoms with E-state index in [1.807, 2.05) is 0 Å². The van der Waals surface area contributed by atoms with E-state index in [1.165, 1.54) is 0 Å². The largest absolute Gasteiger partial charge is 0.477 e. The molecule has 0 amide bonds. The third kappa shape index (κ3) is 4.55.